The highest BCUT2D eigenvalue weighted by Crippen LogP contribution is 2.27. The smallest absolute Gasteiger partial charge is 0.281 e. The van der Waals surface area contributed by atoms with Gasteiger partial charge < -0.3 is 9.14 Å². The van der Waals surface area contributed by atoms with Crippen molar-refractivity contribution in [3.05, 3.63) is 107 Å². The van der Waals surface area contributed by atoms with Crippen molar-refractivity contribution in [1.29, 1.82) is 0 Å². The number of imidazole rings is 1. The third kappa shape index (κ3) is 4.96. The first-order chi connectivity index (χ1) is 17.5. The molecule has 0 saturated heterocycles. The SMILES string of the molecule is Cc1nc(-c2ccccc2)sc1C(=O)NNC(=O)c1ccc(OCc2cn3cccc(C)c3n2)cc1. The molecule has 2 N–H and O–H groups in total. The summed E-state index contributed by atoms with van der Waals surface area (Å²) < 4.78 is 7.79. The van der Waals surface area contributed by atoms with Crippen LogP contribution in [0.4, 0.5) is 0 Å². The summed E-state index contributed by atoms with van der Waals surface area (Å²) in [7, 11) is 0. The van der Waals surface area contributed by atoms with Crippen molar-refractivity contribution in [3.8, 4) is 16.3 Å². The zero-order chi connectivity index (χ0) is 25.1. The maximum atomic E-state index is 12.6. The Morgan fingerprint density at radius 1 is 0.917 bits per heavy atom. The van der Waals surface area contributed by atoms with Gasteiger partial charge in [-0.15, -0.1) is 11.3 Å². The molecule has 0 aliphatic heterocycles. The number of fused-ring (bicyclic) bond motifs is 1. The third-order valence-corrected chi connectivity index (χ3v) is 6.75. The zero-order valence-corrected chi connectivity index (χ0v) is 20.5. The molecule has 0 unspecified atom stereocenters. The number of thiazole rings is 1. The van der Waals surface area contributed by atoms with E-state index in [1.165, 1.54) is 11.3 Å². The van der Waals surface area contributed by atoms with Crippen LogP contribution in [0.15, 0.2) is 79.1 Å². The van der Waals surface area contributed by atoms with Crippen LogP contribution < -0.4 is 15.6 Å². The summed E-state index contributed by atoms with van der Waals surface area (Å²) in [6.07, 6.45) is 3.88. The number of aryl methyl sites for hydroxylation is 2. The van der Waals surface area contributed by atoms with Gasteiger partial charge in [-0.3, -0.25) is 20.4 Å². The molecule has 0 atom stereocenters. The van der Waals surface area contributed by atoms with Crippen molar-refractivity contribution in [3.63, 3.8) is 0 Å². The number of pyridine rings is 1. The van der Waals surface area contributed by atoms with Gasteiger partial charge in [-0.05, 0) is 49.7 Å². The molecule has 8 nitrogen and oxygen atoms in total. The Labute approximate surface area is 211 Å². The molecule has 3 heterocycles. The van der Waals surface area contributed by atoms with Crippen LogP contribution in [-0.4, -0.2) is 26.2 Å². The summed E-state index contributed by atoms with van der Waals surface area (Å²) in [5.41, 5.74) is 9.65. The van der Waals surface area contributed by atoms with Crippen LogP contribution in [0.1, 0.15) is 37.0 Å². The number of aromatic nitrogens is 3. The van der Waals surface area contributed by atoms with E-state index in [0.29, 0.717) is 28.5 Å². The van der Waals surface area contributed by atoms with Crippen LogP contribution in [0.3, 0.4) is 0 Å². The first kappa shape index (κ1) is 23.3. The summed E-state index contributed by atoms with van der Waals surface area (Å²) >= 11 is 1.28. The molecule has 36 heavy (non-hydrogen) atoms. The molecule has 5 aromatic rings. The standard InChI is InChI=1S/C27H23N5O3S/c1-17-7-6-14-32-15-21(29-24(17)32)16-35-22-12-10-19(11-13-22)25(33)30-31-26(34)23-18(2)28-27(36-23)20-8-4-3-5-9-20/h3-15H,16H2,1-2H3,(H,30,33)(H,31,34). The summed E-state index contributed by atoms with van der Waals surface area (Å²) in [6, 6.07) is 20.3. The molecule has 9 heteroatoms. The highest BCUT2D eigenvalue weighted by Gasteiger charge is 2.17. The normalized spacial score (nSPS) is 10.8. The first-order valence-electron chi connectivity index (χ1n) is 11.3. The minimum absolute atomic E-state index is 0.307. The van der Waals surface area contributed by atoms with E-state index in [4.69, 9.17) is 4.74 Å². The lowest BCUT2D eigenvalue weighted by Gasteiger charge is -2.08. The van der Waals surface area contributed by atoms with Crippen LogP contribution in [0.25, 0.3) is 16.2 Å². The van der Waals surface area contributed by atoms with Crippen molar-refractivity contribution in [2.45, 2.75) is 20.5 Å². The lowest BCUT2D eigenvalue weighted by atomic mass is 10.2. The fourth-order valence-corrected chi connectivity index (χ4v) is 4.65. The fourth-order valence-electron chi connectivity index (χ4n) is 3.69. The van der Waals surface area contributed by atoms with Crippen molar-refractivity contribution < 1.29 is 14.3 Å². The second-order valence-electron chi connectivity index (χ2n) is 8.18. The van der Waals surface area contributed by atoms with Crippen molar-refractivity contribution in [2.24, 2.45) is 0 Å². The van der Waals surface area contributed by atoms with Crippen molar-refractivity contribution in [2.75, 3.05) is 0 Å². The molecule has 3 aromatic heterocycles. The average Bonchev–Trinajstić information content (AvgIpc) is 3.51. The zero-order valence-electron chi connectivity index (χ0n) is 19.7. The first-order valence-corrected chi connectivity index (χ1v) is 12.1. The van der Waals surface area contributed by atoms with E-state index >= 15 is 0 Å². The Bertz CT molecular complexity index is 1540. The highest BCUT2D eigenvalue weighted by molar-refractivity contribution is 7.17. The molecular formula is C27H23N5O3S. The minimum atomic E-state index is -0.434. The molecule has 0 spiro atoms. The number of amides is 2. The van der Waals surface area contributed by atoms with Gasteiger partial charge in [-0.25, -0.2) is 9.97 Å². The van der Waals surface area contributed by atoms with Crippen molar-refractivity contribution >= 4 is 28.8 Å². The van der Waals surface area contributed by atoms with Gasteiger partial charge in [-0.2, -0.15) is 0 Å². The Morgan fingerprint density at radius 2 is 1.67 bits per heavy atom. The van der Waals surface area contributed by atoms with E-state index in [1.807, 2.05) is 66.2 Å². The molecule has 180 valence electrons. The third-order valence-electron chi connectivity index (χ3n) is 5.54. The largest absolute Gasteiger partial charge is 0.487 e. The van der Waals surface area contributed by atoms with Gasteiger partial charge in [-0.1, -0.05) is 36.4 Å². The monoisotopic (exact) mass is 497 g/mol. The van der Waals surface area contributed by atoms with Gasteiger partial charge in [0.25, 0.3) is 11.8 Å². The van der Waals surface area contributed by atoms with E-state index < -0.39 is 11.8 Å². The number of benzene rings is 2. The average molecular weight is 498 g/mol. The summed E-state index contributed by atoms with van der Waals surface area (Å²) in [4.78, 5) is 34.7. The quantitative estimate of drug-likeness (QED) is 0.331. The molecule has 2 amide bonds. The molecule has 2 aromatic carbocycles. The van der Waals surface area contributed by atoms with Crippen LogP contribution in [0, 0.1) is 13.8 Å². The number of carbonyl (C=O) groups excluding carboxylic acids is 2. The number of nitrogens with zero attached hydrogens (tertiary/aromatic N) is 3. The summed E-state index contributed by atoms with van der Waals surface area (Å²) in [6.45, 7) is 4.09. The van der Waals surface area contributed by atoms with E-state index in [1.54, 1.807) is 31.2 Å². The van der Waals surface area contributed by atoms with E-state index in [-0.39, 0.29) is 0 Å². The maximum Gasteiger partial charge on any atom is 0.281 e. The van der Waals surface area contributed by atoms with Gasteiger partial charge >= 0.3 is 0 Å². The predicted octanol–water partition coefficient (Wildman–Crippen LogP) is 4.73. The van der Waals surface area contributed by atoms with Gasteiger partial charge in [0.2, 0.25) is 0 Å². The molecule has 0 aliphatic carbocycles. The molecule has 0 radical (unpaired) electrons. The van der Waals surface area contributed by atoms with E-state index in [9.17, 15) is 9.59 Å². The Balaban J connectivity index is 1.16. The van der Waals surface area contributed by atoms with Crippen LogP contribution in [0.2, 0.25) is 0 Å². The molecule has 0 saturated carbocycles. The molecular weight excluding hydrogens is 474 g/mol. The lowest BCUT2D eigenvalue weighted by molar-refractivity contribution is 0.0848. The molecule has 0 bridgehead atoms. The number of carbonyl (C=O) groups is 2. The van der Waals surface area contributed by atoms with Crippen LogP contribution in [0.5, 0.6) is 5.75 Å². The number of nitrogens with one attached hydrogen (secondary N) is 2. The summed E-state index contributed by atoms with van der Waals surface area (Å²) in [5.74, 6) is -0.238. The topological polar surface area (TPSA) is 97.6 Å². The number of hydrazine groups is 1. The van der Waals surface area contributed by atoms with Crippen LogP contribution in [-0.2, 0) is 6.61 Å². The van der Waals surface area contributed by atoms with Gasteiger partial charge in [0.1, 0.15) is 27.9 Å². The second-order valence-corrected chi connectivity index (χ2v) is 9.17. The number of hydrogen-bond donors (Lipinski definition) is 2. The Kier molecular flexibility index (Phi) is 6.46. The molecule has 5 rings (SSSR count). The molecule has 0 fully saturated rings. The predicted molar refractivity (Wildman–Crippen MR) is 138 cm³/mol. The molecule has 0 aliphatic rings. The maximum absolute atomic E-state index is 12.6. The van der Waals surface area contributed by atoms with E-state index in [2.05, 4.69) is 20.8 Å². The number of rotatable bonds is 6. The number of hydrogen-bond acceptors (Lipinski definition) is 6. The fraction of sp³-hybridized carbons (Fsp3) is 0.111. The lowest BCUT2D eigenvalue weighted by Crippen LogP contribution is -2.41. The Morgan fingerprint density at radius 3 is 2.42 bits per heavy atom. The minimum Gasteiger partial charge on any atom is -0.487 e. The second kappa shape index (κ2) is 10.0. The summed E-state index contributed by atoms with van der Waals surface area (Å²) in [5, 5.41) is 0.749. The van der Waals surface area contributed by atoms with E-state index in [0.717, 1.165) is 27.5 Å². The van der Waals surface area contributed by atoms with Crippen LogP contribution >= 0.6 is 11.3 Å². The van der Waals surface area contributed by atoms with Crippen molar-refractivity contribution in [1.82, 2.24) is 25.2 Å². The van der Waals surface area contributed by atoms with Gasteiger partial charge in [0.15, 0.2) is 0 Å². The highest BCUT2D eigenvalue weighted by atomic mass is 32.1. The Hall–Kier alpha value is -4.50. The van der Waals surface area contributed by atoms with Gasteiger partial charge in [0.05, 0.1) is 11.4 Å². The number of ether oxygens (including phenoxy) is 1. The van der Waals surface area contributed by atoms with Gasteiger partial charge in [0, 0.05) is 23.5 Å².